The zero-order valence-corrected chi connectivity index (χ0v) is 6.69. The van der Waals surface area contributed by atoms with Crippen molar-refractivity contribution in [3.63, 3.8) is 0 Å². The maximum atomic E-state index is 8.57. The van der Waals surface area contributed by atoms with E-state index in [-0.39, 0.29) is 12.4 Å². The monoisotopic (exact) mass is 161 g/mol. The molecule has 0 rings (SSSR count). The number of nitrogens with zero attached hydrogens (tertiary/aromatic N) is 2. The summed E-state index contributed by atoms with van der Waals surface area (Å²) in [6.45, 7) is 3.75. The van der Waals surface area contributed by atoms with Gasteiger partial charge < -0.3 is 16.0 Å². The first-order chi connectivity index (χ1) is 5.24. The Morgan fingerprint density at radius 3 is 2.64 bits per heavy atom. The Labute approximate surface area is 66.1 Å². The van der Waals surface area contributed by atoms with E-state index in [1.165, 1.54) is 0 Å². The van der Waals surface area contributed by atoms with Crippen LogP contribution in [0.1, 0.15) is 6.92 Å². The predicted octanol–water partition coefficient (Wildman–Crippen LogP) is -0.953. The summed E-state index contributed by atoms with van der Waals surface area (Å²) < 4.78 is 0. The Morgan fingerprint density at radius 1 is 1.64 bits per heavy atom. The van der Waals surface area contributed by atoms with Crippen LogP contribution in [0.25, 0.3) is 0 Å². The molecule has 0 heterocycles. The molecule has 5 nitrogen and oxygen atoms in total. The summed E-state index contributed by atoms with van der Waals surface area (Å²) in [5.41, 5.74) is 5.26. The summed E-state index contributed by atoms with van der Waals surface area (Å²) in [6.07, 6.45) is 0. The molecule has 0 aliphatic carbocycles. The Balaban J connectivity index is 3.68. The van der Waals surface area contributed by atoms with Gasteiger partial charge in [0.05, 0.1) is 13.2 Å². The minimum atomic E-state index is 0.0898. The summed E-state index contributed by atoms with van der Waals surface area (Å²) >= 11 is 0. The molecule has 0 radical (unpaired) electrons. The van der Waals surface area contributed by atoms with Crippen molar-refractivity contribution in [1.82, 2.24) is 4.90 Å². The molecule has 0 saturated heterocycles. The standard InChI is InChI=1S/C6H15N3O2/c1-2-9(3-4-10)5-6(7)8-11/h10-11H,2-5H2,1H3,(H2,7,8). The molecule has 0 bridgehead atoms. The maximum Gasteiger partial charge on any atom is 0.153 e. The lowest BCUT2D eigenvalue weighted by molar-refractivity contribution is 0.216. The first-order valence-corrected chi connectivity index (χ1v) is 3.54. The minimum absolute atomic E-state index is 0.0898. The van der Waals surface area contributed by atoms with Crippen molar-refractivity contribution in [2.45, 2.75) is 6.92 Å². The van der Waals surface area contributed by atoms with Crippen LogP contribution in [-0.4, -0.2) is 47.3 Å². The van der Waals surface area contributed by atoms with E-state index in [1.807, 2.05) is 11.8 Å². The largest absolute Gasteiger partial charge is 0.409 e. The molecule has 0 fully saturated rings. The zero-order chi connectivity index (χ0) is 8.69. The Kier molecular flexibility index (Phi) is 5.50. The molecule has 0 amide bonds. The molecule has 0 aromatic carbocycles. The van der Waals surface area contributed by atoms with Crippen LogP contribution in [0, 0.1) is 0 Å². The Hall–Kier alpha value is -0.810. The molecule has 0 atom stereocenters. The second-order valence-corrected chi connectivity index (χ2v) is 2.18. The molecule has 0 unspecified atom stereocenters. The number of nitrogens with two attached hydrogens (primary N) is 1. The molecule has 0 aromatic heterocycles. The maximum absolute atomic E-state index is 8.57. The highest BCUT2D eigenvalue weighted by Gasteiger charge is 2.02. The summed E-state index contributed by atoms with van der Waals surface area (Å²) in [6, 6.07) is 0. The average Bonchev–Trinajstić information content (AvgIpc) is 2.03. The van der Waals surface area contributed by atoms with Gasteiger partial charge in [-0.1, -0.05) is 12.1 Å². The van der Waals surface area contributed by atoms with E-state index >= 15 is 0 Å². The van der Waals surface area contributed by atoms with E-state index in [0.29, 0.717) is 13.1 Å². The quantitative estimate of drug-likeness (QED) is 0.210. The topological polar surface area (TPSA) is 82.1 Å². The lowest BCUT2D eigenvalue weighted by Crippen LogP contribution is -2.35. The minimum Gasteiger partial charge on any atom is -0.409 e. The molecule has 0 aromatic rings. The SMILES string of the molecule is CCN(CCO)C/C(N)=N/O. The van der Waals surface area contributed by atoms with Crippen molar-refractivity contribution in [3.8, 4) is 0 Å². The van der Waals surface area contributed by atoms with Gasteiger partial charge in [-0.15, -0.1) is 0 Å². The van der Waals surface area contributed by atoms with Gasteiger partial charge in [0.1, 0.15) is 0 Å². The second kappa shape index (κ2) is 5.94. The lowest BCUT2D eigenvalue weighted by atomic mass is 10.4. The van der Waals surface area contributed by atoms with Crippen molar-refractivity contribution >= 4 is 5.84 Å². The van der Waals surface area contributed by atoms with Crippen LogP contribution >= 0.6 is 0 Å². The normalized spacial score (nSPS) is 12.5. The van der Waals surface area contributed by atoms with Crippen LogP contribution < -0.4 is 5.73 Å². The smallest absolute Gasteiger partial charge is 0.153 e. The van der Waals surface area contributed by atoms with Crippen LogP contribution in [0.5, 0.6) is 0 Å². The Morgan fingerprint density at radius 2 is 2.27 bits per heavy atom. The number of hydrogen-bond acceptors (Lipinski definition) is 4. The van der Waals surface area contributed by atoms with Gasteiger partial charge in [-0.3, -0.25) is 4.90 Å². The van der Waals surface area contributed by atoms with Crippen molar-refractivity contribution in [2.24, 2.45) is 10.9 Å². The highest BCUT2D eigenvalue weighted by atomic mass is 16.4. The second-order valence-electron chi connectivity index (χ2n) is 2.18. The predicted molar refractivity (Wildman–Crippen MR) is 42.6 cm³/mol. The van der Waals surface area contributed by atoms with Crippen molar-refractivity contribution in [3.05, 3.63) is 0 Å². The number of likely N-dealkylation sites (N-methyl/N-ethyl adjacent to an activating group) is 1. The first-order valence-electron chi connectivity index (χ1n) is 3.54. The number of rotatable bonds is 5. The third kappa shape index (κ3) is 4.58. The number of aliphatic hydroxyl groups excluding tert-OH is 1. The molecule has 66 valence electrons. The van der Waals surface area contributed by atoms with Crippen molar-refractivity contribution < 1.29 is 10.3 Å². The van der Waals surface area contributed by atoms with Crippen LogP contribution in [-0.2, 0) is 0 Å². The third-order valence-electron chi connectivity index (χ3n) is 1.38. The van der Waals surface area contributed by atoms with Gasteiger partial charge in [-0.05, 0) is 6.54 Å². The number of hydrogen-bond donors (Lipinski definition) is 3. The first kappa shape index (κ1) is 10.2. The van der Waals surface area contributed by atoms with Crippen LogP contribution in [0.3, 0.4) is 0 Å². The number of amidine groups is 1. The van der Waals surface area contributed by atoms with E-state index < -0.39 is 0 Å². The molecule has 0 spiro atoms. The number of aliphatic hydroxyl groups is 1. The van der Waals surface area contributed by atoms with E-state index in [9.17, 15) is 0 Å². The molecule has 0 aliphatic rings. The van der Waals surface area contributed by atoms with Crippen LogP contribution in [0.15, 0.2) is 5.16 Å². The summed E-state index contributed by atoms with van der Waals surface area (Å²) in [4.78, 5) is 1.87. The Bertz CT molecular complexity index is 127. The van der Waals surface area contributed by atoms with Gasteiger partial charge in [-0.2, -0.15) is 0 Å². The highest BCUT2D eigenvalue weighted by Crippen LogP contribution is 1.85. The van der Waals surface area contributed by atoms with Gasteiger partial charge in [0.2, 0.25) is 0 Å². The van der Waals surface area contributed by atoms with Gasteiger partial charge in [0, 0.05) is 6.54 Å². The van der Waals surface area contributed by atoms with E-state index in [0.717, 1.165) is 6.54 Å². The van der Waals surface area contributed by atoms with Crippen molar-refractivity contribution in [1.29, 1.82) is 0 Å². The molecule has 0 saturated carbocycles. The van der Waals surface area contributed by atoms with Gasteiger partial charge >= 0.3 is 0 Å². The summed E-state index contributed by atoms with van der Waals surface area (Å²) in [7, 11) is 0. The van der Waals surface area contributed by atoms with E-state index in [4.69, 9.17) is 16.0 Å². The molecule has 5 heteroatoms. The fourth-order valence-corrected chi connectivity index (χ4v) is 0.751. The lowest BCUT2D eigenvalue weighted by Gasteiger charge is -2.17. The fourth-order valence-electron chi connectivity index (χ4n) is 0.751. The molecular formula is C6H15N3O2. The summed E-state index contributed by atoms with van der Waals surface area (Å²) in [5, 5.41) is 19.6. The summed E-state index contributed by atoms with van der Waals surface area (Å²) in [5.74, 6) is 0.167. The van der Waals surface area contributed by atoms with Gasteiger partial charge in [0.15, 0.2) is 5.84 Å². The van der Waals surface area contributed by atoms with Gasteiger partial charge in [-0.25, -0.2) is 0 Å². The molecule has 4 N–H and O–H groups in total. The number of oxime groups is 1. The average molecular weight is 161 g/mol. The van der Waals surface area contributed by atoms with E-state index in [2.05, 4.69) is 5.16 Å². The highest BCUT2D eigenvalue weighted by molar-refractivity contribution is 5.81. The molecular weight excluding hydrogens is 146 g/mol. The van der Waals surface area contributed by atoms with E-state index in [1.54, 1.807) is 0 Å². The fraction of sp³-hybridized carbons (Fsp3) is 0.833. The zero-order valence-electron chi connectivity index (χ0n) is 6.69. The van der Waals surface area contributed by atoms with Crippen LogP contribution in [0.4, 0.5) is 0 Å². The third-order valence-corrected chi connectivity index (χ3v) is 1.38. The molecule has 0 aliphatic heterocycles. The molecule has 11 heavy (non-hydrogen) atoms. The van der Waals surface area contributed by atoms with Crippen LogP contribution in [0.2, 0.25) is 0 Å². The van der Waals surface area contributed by atoms with Crippen molar-refractivity contribution in [2.75, 3.05) is 26.2 Å². The van der Waals surface area contributed by atoms with Gasteiger partial charge in [0.25, 0.3) is 0 Å².